The van der Waals surface area contributed by atoms with E-state index in [4.69, 9.17) is 5.11 Å². The van der Waals surface area contributed by atoms with Crippen molar-refractivity contribution in [2.75, 3.05) is 0 Å². The van der Waals surface area contributed by atoms with Gasteiger partial charge in [-0.1, -0.05) is 36.9 Å². The van der Waals surface area contributed by atoms with E-state index >= 15 is 0 Å². The van der Waals surface area contributed by atoms with Crippen LogP contribution >= 0.6 is 0 Å². The molecule has 0 heterocycles. The number of rotatable bonds is 8. The number of carbonyl (C=O) groups excluding carboxylic acids is 2. The molecule has 0 saturated carbocycles. The fraction of sp³-hybridized carbons (Fsp3) is 0.357. The molecule has 0 saturated heterocycles. The molecule has 1 aromatic rings. The van der Waals surface area contributed by atoms with E-state index in [1.165, 1.54) is 24.3 Å². The van der Waals surface area contributed by atoms with Crippen LogP contribution < -0.4 is 5.48 Å². The summed E-state index contributed by atoms with van der Waals surface area (Å²) in [4.78, 5) is 42.6. The van der Waals surface area contributed by atoms with E-state index in [2.05, 4.69) is 9.88 Å². The van der Waals surface area contributed by atoms with Gasteiger partial charge in [-0.15, -0.1) is 0 Å². The van der Waals surface area contributed by atoms with E-state index in [9.17, 15) is 14.4 Å². The Kier molecular flexibility index (Phi) is 10.5. The molecule has 0 aliphatic heterocycles. The fourth-order valence-electron chi connectivity index (χ4n) is 1.59. The van der Waals surface area contributed by atoms with Crippen molar-refractivity contribution in [3.8, 4) is 0 Å². The minimum absolute atomic E-state index is 0. The van der Waals surface area contributed by atoms with E-state index in [0.29, 0.717) is 6.42 Å². The molecule has 2 N–H and O–H groups in total. The van der Waals surface area contributed by atoms with Gasteiger partial charge in [-0.3, -0.25) is 9.68 Å². The van der Waals surface area contributed by atoms with Crippen LogP contribution in [0.1, 0.15) is 53.3 Å². The zero-order valence-corrected chi connectivity index (χ0v) is 11.6. The van der Waals surface area contributed by atoms with Gasteiger partial charge in [0.15, 0.2) is 0 Å². The van der Waals surface area contributed by atoms with Gasteiger partial charge in [0.2, 0.25) is 0 Å². The summed E-state index contributed by atoms with van der Waals surface area (Å²) in [6.07, 6.45) is 2.73. The second kappa shape index (κ2) is 11.2. The van der Waals surface area contributed by atoms with E-state index in [0.717, 1.165) is 12.8 Å². The predicted octanol–water partition coefficient (Wildman–Crippen LogP) is 1.44. The van der Waals surface area contributed by atoms with Crippen LogP contribution in [0, 0.1) is 0 Å². The standard InChI is InChI=1S/C14H17NO6.Na.H/c1-2-3-4-9-12(16)20-21-15-13(17)10-7-5-6-8-11(10)14(18)19;;/h5-8H,2-4,9H2,1H3,(H,15,17)(H,18,19);;. The number of hydroxylamine groups is 1. The van der Waals surface area contributed by atoms with Crippen LogP contribution in [-0.2, 0) is 14.7 Å². The number of carboxylic acid groups (broad SMARTS) is 1. The summed E-state index contributed by atoms with van der Waals surface area (Å²) in [6.45, 7) is 2.00. The molecule has 0 radical (unpaired) electrons. The van der Waals surface area contributed by atoms with Gasteiger partial charge in [0.05, 0.1) is 11.1 Å². The first-order chi connectivity index (χ1) is 10.1. The molecule has 1 rings (SSSR count). The SMILES string of the molecule is CCCCCC(=O)OONC(=O)c1ccccc1C(=O)O.[NaH]. The van der Waals surface area contributed by atoms with Crippen LogP contribution in [0.3, 0.4) is 0 Å². The molecular formula is C14H18NNaO6. The van der Waals surface area contributed by atoms with Gasteiger partial charge in [-0.25, -0.2) is 9.59 Å². The van der Waals surface area contributed by atoms with E-state index in [-0.39, 0.29) is 47.1 Å². The number of carbonyl (C=O) groups is 3. The molecule has 1 amide bonds. The van der Waals surface area contributed by atoms with Crippen molar-refractivity contribution in [2.45, 2.75) is 32.6 Å². The Balaban J connectivity index is 0.00000441. The van der Waals surface area contributed by atoms with Crippen molar-refractivity contribution in [1.82, 2.24) is 5.48 Å². The number of hydrogen-bond acceptors (Lipinski definition) is 5. The normalized spacial score (nSPS) is 9.50. The second-order valence-electron chi connectivity index (χ2n) is 4.28. The Morgan fingerprint density at radius 3 is 2.36 bits per heavy atom. The van der Waals surface area contributed by atoms with Gasteiger partial charge in [0, 0.05) is 6.42 Å². The van der Waals surface area contributed by atoms with Crippen LogP contribution in [0.25, 0.3) is 0 Å². The third kappa shape index (κ3) is 7.04. The third-order valence-electron chi connectivity index (χ3n) is 2.66. The number of aromatic carboxylic acids is 1. The average Bonchev–Trinajstić information content (AvgIpc) is 2.47. The monoisotopic (exact) mass is 319 g/mol. The molecule has 0 fully saturated rings. The van der Waals surface area contributed by atoms with Gasteiger partial charge in [-0.2, -0.15) is 5.48 Å². The first-order valence-electron chi connectivity index (χ1n) is 6.55. The number of nitrogens with one attached hydrogen (secondary N) is 1. The van der Waals surface area contributed by atoms with Gasteiger partial charge < -0.3 is 5.11 Å². The minimum atomic E-state index is -1.24. The number of benzene rings is 1. The summed E-state index contributed by atoms with van der Waals surface area (Å²) in [7, 11) is 0. The zero-order chi connectivity index (χ0) is 15.7. The zero-order valence-electron chi connectivity index (χ0n) is 11.6. The second-order valence-corrected chi connectivity index (χ2v) is 4.28. The Morgan fingerprint density at radius 1 is 1.14 bits per heavy atom. The quantitative estimate of drug-likeness (QED) is 0.325. The molecular weight excluding hydrogens is 301 g/mol. The van der Waals surface area contributed by atoms with E-state index in [1.54, 1.807) is 0 Å². The van der Waals surface area contributed by atoms with Crippen molar-refractivity contribution in [2.24, 2.45) is 0 Å². The predicted molar refractivity (Wildman–Crippen MR) is 79.3 cm³/mol. The Morgan fingerprint density at radius 2 is 1.77 bits per heavy atom. The molecule has 0 spiro atoms. The summed E-state index contributed by atoms with van der Waals surface area (Å²) in [5, 5.41) is 8.94. The summed E-state index contributed by atoms with van der Waals surface area (Å²) >= 11 is 0. The van der Waals surface area contributed by atoms with Crippen LogP contribution in [0.2, 0.25) is 0 Å². The first kappa shape index (κ1) is 20.6. The topological polar surface area (TPSA) is 102 Å². The van der Waals surface area contributed by atoms with Crippen LogP contribution in [0.4, 0.5) is 0 Å². The molecule has 22 heavy (non-hydrogen) atoms. The van der Waals surface area contributed by atoms with Gasteiger partial charge in [0.25, 0.3) is 5.91 Å². The molecule has 8 heteroatoms. The average molecular weight is 319 g/mol. The Labute approximate surface area is 150 Å². The van der Waals surface area contributed by atoms with Gasteiger partial charge in [-0.05, 0) is 18.6 Å². The van der Waals surface area contributed by atoms with Crippen molar-refractivity contribution < 1.29 is 29.4 Å². The number of carboxylic acids is 1. The maximum atomic E-state index is 11.7. The van der Waals surface area contributed by atoms with Gasteiger partial charge >= 0.3 is 41.5 Å². The molecule has 1 aromatic carbocycles. The molecule has 0 aliphatic rings. The number of amides is 1. The molecule has 116 valence electrons. The molecule has 0 unspecified atom stereocenters. The summed E-state index contributed by atoms with van der Waals surface area (Å²) < 4.78 is 0. The summed E-state index contributed by atoms with van der Waals surface area (Å²) in [5.41, 5.74) is 1.61. The molecule has 0 aliphatic carbocycles. The molecule has 0 atom stereocenters. The van der Waals surface area contributed by atoms with Crippen molar-refractivity contribution in [1.29, 1.82) is 0 Å². The van der Waals surface area contributed by atoms with Crippen molar-refractivity contribution in [3.05, 3.63) is 35.4 Å². The number of hydrogen-bond donors (Lipinski definition) is 2. The molecule has 0 aromatic heterocycles. The molecule has 0 bridgehead atoms. The Hall–Kier alpha value is -1.41. The molecule has 7 nitrogen and oxygen atoms in total. The van der Waals surface area contributed by atoms with Crippen molar-refractivity contribution >= 4 is 47.4 Å². The van der Waals surface area contributed by atoms with Crippen molar-refractivity contribution in [3.63, 3.8) is 0 Å². The van der Waals surface area contributed by atoms with E-state index in [1.807, 2.05) is 12.4 Å². The number of unbranched alkanes of at least 4 members (excludes halogenated alkanes) is 2. The van der Waals surface area contributed by atoms with Crippen LogP contribution in [0.5, 0.6) is 0 Å². The summed E-state index contributed by atoms with van der Waals surface area (Å²) in [6, 6.07) is 5.62. The fourth-order valence-corrected chi connectivity index (χ4v) is 1.59. The van der Waals surface area contributed by atoms with Crippen LogP contribution in [-0.4, -0.2) is 52.5 Å². The first-order valence-corrected chi connectivity index (χ1v) is 6.55. The Bertz CT molecular complexity index is 520. The maximum absolute atomic E-state index is 11.7. The third-order valence-corrected chi connectivity index (χ3v) is 2.66. The summed E-state index contributed by atoms with van der Waals surface area (Å²) in [5.74, 6) is -2.65. The van der Waals surface area contributed by atoms with Crippen LogP contribution in [0.15, 0.2) is 24.3 Å². The van der Waals surface area contributed by atoms with E-state index < -0.39 is 17.8 Å². The van der Waals surface area contributed by atoms with Gasteiger partial charge in [0.1, 0.15) is 0 Å².